The second-order valence-corrected chi connectivity index (χ2v) is 4.96. The van der Waals surface area contributed by atoms with Crippen LogP contribution in [-0.4, -0.2) is 29.3 Å². The van der Waals surface area contributed by atoms with Crippen LogP contribution in [0.5, 0.6) is 0 Å². The Hall–Kier alpha value is -0.610. The Kier molecular flexibility index (Phi) is 2.98. The molecule has 0 heterocycles. The summed E-state index contributed by atoms with van der Waals surface area (Å²) in [7, 11) is 0. The molecule has 2 saturated carbocycles. The van der Waals surface area contributed by atoms with Crippen LogP contribution in [0.3, 0.4) is 0 Å². The van der Waals surface area contributed by atoms with E-state index in [1.807, 2.05) is 0 Å². The second-order valence-electron chi connectivity index (χ2n) is 4.96. The molecule has 0 aromatic rings. The summed E-state index contributed by atoms with van der Waals surface area (Å²) >= 11 is 0. The first kappa shape index (κ1) is 10.9. The summed E-state index contributed by atoms with van der Waals surface area (Å²) in [6.45, 7) is 0.792. The molecule has 0 radical (unpaired) electrons. The van der Waals surface area contributed by atoms with Gasteiger partial charge in [-0.3, -0.25) is 4.79 Å². The van der Waals surface area contributed by atoms with Gasteiger partial charge in [-0.1, -0.05) is 0 Å². The minimum atomic E-state index is -1.05. The van der Waals surface area contributed by atoms with Gasteiger partial charge in [0.25, 0.3) is 0 Å². The summed E-state index contributed by atoms with van der Waals surface area (Å²) in [5.41, 5.74) is 4.79. The molecule has 0 spiro atoms. The van der Waals surface area contributed by atoms with Gasteiger partial charge in [0.15, 0.2) is 0 Å². The molecule has 2 fully saturated rings. The van der Waals surface area contributed by atoms with Crippen molar-refractivity contribution in [3.05, 3.63) is 0 Å². The van der Waals surface area contributed by atoms with Crippen LogP contribution in [0.2, 0.25) is 0 Å². The lowest BCUT2D eigenvalue weighted by Crippen LogP contribution is -2.52. The molecular weight excluding hydrogens is 194 g/mol. The summed E-state index contributed by atoms with van der Waals surface area (Å²) in [5.74, 6) is -0.161. The predicted molar refractivity (Wildman–Crippen MR) is 55.5 cm³/mol. The standard InChI is InChI=1S/C11H19NO3/c12-11(10(13)14)5-1-2-9(6-11)15-7-8-3-4-8/h8-9H,1-7,12H2,(H,13,14). The molecule has 4 nitrogen and oxygen atoms in total. The minimum Gasteiger partial charge on any atom is -0.480 e. The molecule has 2 aliphatic rings. The molecule has 0 bridgehead atoms. The first-order valence-corrected chi connectivity index (χ1v) is 5.74. The normalized spacial score (nSPS) is 36.5. The first-order valence-electron chi connectivity index (χ1n) is 5.74. The van der Waals surface area contributed by atoms with Crippen molar-refractivity contribution in [3.8, 4) is 0 Å². The van der Waals surface area contributed by atoms with E-state index in [1.165, 1.54) is 12.8 Å². The third-order valence-electron chi connectivity index (χ3n) is 3.43. The van der Waals surface area contributed by atoms with Crippen molar-refractivity contribution in [3.63, 3.8) is 0 Å². The molecule has 2 rings (SSSR count). The molecule has 2 atom stereocenters. The van der Waals surface area contributed by atoms with E-state index in [1.54, 1.807) is 0 Å². The molecule has 0 saturated heterocycles. The highest BCUT2D eigenvalue weighted by Crippen LogP contribution is 2.32. The highest BCUT2D eigenvalue weighted by Gasteiger charge is 2.40. The van der Waals surface area contributed by atoms with E-state index in [-0.39, 0.29) is 6.10 Å². The smallest absolute Gasteiger partial charge is 0.323 e. The number of rotatable bonds is 4. The summed E-state index contributed by atoms with van der Waals surface area (Å²) in [5, 5.41) is 9.02. The van der Waals surface area contributed by atoms with Gasteiger partial charge >= 0.3 is 5.97 Å². The van der Waals surface area contributed by atoms with E-state index in [4.69, 9.17) is 15.6 Å². The largest absolute Gasteiger partial charge is 0.480 e. The topological polar surface area (TPSA) is 72.6 Å². The highest BCUT2D eigenvalue weighted by molar-refractivity contribution is 5.78. The molecule has 15 heavy (non-hydrogen) atoms. The van der Waals surface area contributed by atoms with Crippen LogP contribution in [0.15, 0.2) is 0 Å². The molecule has 0 aliphatic heterocycles. The lowest BCUT2D eigenvalue weighted by atomic mass is 9.81. The monoisotopic (exact) mass is 213 g/mol. The van der Waals surface area contributed by atoms with Gasteiger partial charge < -0.3 is 15.6 Å². The Morgan fingerprint density at radius 1 is 1.47 bits per heavy atom. The van der Waals surface area contributed by atoms with Gasteiger partial charge in [-0.2, -0.15) is 0 Å². The summed E-state index contributed by atoms with van der Waals surface area (Å²) in [6.07, 6.45) is 5.44. The third kappa shape index (κ3) is 2.69. The quantitative estimate of drug-likeness (QED) is 0.734. The van der Waals surface area contributed by atoms with Crippen LogP contribution >= 0.6 is 0 Å². The van der Waals surface area contributed by atoms with Gasteiger partial charge in [-0.15, -0.1) is 0 Å². The van der Waals surface area contributed by atoms with Gasteiger partial charge in [0.2, 0.25) is 0 Å². The molecule has 4 heteroatoms. The average Bonchev–Trinajstić information content (AvgIpc) is 2.98. The molecular formula is C11H19NO3. The number of hydrogen-bond donors (Lipinski definition) is 2. The van der Waals surface area contributed by atoms with Crippen molar-refractivity contribution >= 4 is 5.97 Å². The number of nitrogens with two attached hydrogens (primary N) is 1. The highest BCUT2D eigenvalue weighted by atomic mass is 16.5. The van der Waals surface area contributed by atoms with Gasteiger partial charge in [-0.25, -0.2) is 0 Å². The van der Waals surface area contributed by atoms with Crippen molar-refractivity contribution in [2.45, 2.75) is 50.2 Å². The summed E-state index contributed by atoms with van der Waals surface area (Å²) in [4.78, 5) is 11.0. The van der Waals surface area contributed by atoms with Crippen molar-refractivity contribution in [2.24, 2.45) is 11.7 Å². The van der Waals surface area contributed by atoms with Crippen molar-refractivity contribution in [1.29, 1.82) is 0 Å². The van der Waals surface area contributed by atoms with Crippen molar-refractivity contribution < 1.29 is 14.6 Å². The van der Waals surface area contributed by atoms with E-state index < -0.39 is 11.5 Å². The van der Waals surface area contributed by atoms with Gasteiger partial charge in [0, 0.05) is 13.0 Å². The van der Waals surface area contributed by atoms with Crippen LogP contribution < -0.4 is 5.73 Å². The molecule has 2 aliphatic carbocycles. The Morgan fingerprint density at radius 3 is 2.80 bits per heavy atom. The molecule has 0 amide bonds. The number of carboxylic acids is 1. The fraction of sp³-hybridized carbons (Fsp3) is 0.909. The molecule has 0 aromatic carbocycles. The van der Waals surface area contributed by atoms with Crippen molar-refractivity contribution in [2.75, 3.05) is 6.61 Å². The fourth-order valence-corrected chi connectivity index (χ4v) is 2.15. The van der Waals surface area contributed by atoms with Gasteiger partial charge in [-0.05, 0) is 38.0 Å². The summed E-state index contributed by atoms with van der Waals surface area (Å²) in [6, 6.07) is 0. The average molecular weight is 213 g/mol. The Labute approximate surface area is 89.8 Å². The van der Waals surface area contributed by atoms with Crippen LogP contribution in [0.25, 0.3) is 0 Å². The molecule has 3 N–H and O–H groups in total. The zero-order valence-corrected chi connectivity index (χ0v) is 8.95. The van der Waals surface area contributed by atoms with Crippen LogP contribution in [-0.2, 0) is 9.53 Å². The maximum Gasteiger partial charge on any atom is 0.323 e. The lowest BCUT2D eigenvalue weighted by Gasteiger charge is -2.34. The SMILES string of the molecule is NC1(C(=O)O)CCCC(OCC2CC2)C1. The summed E-state index contributed by atoms with van der Waals surface area (Å²) < 4.78 is 5.71. The predicted octanol–water partition coefficient (Wildman–Crippen LogP) is 1.14. The number of hydrogen-bond acceptors (Lipinski definition) is 3. The van der Waals surface area contributed by atoms with Gasteiger partial charge in [0.1, 0.15) is 5.54 Å². The van der Waals surface area contributed by atoms with Crippen LogP contribution in [0, 0.1) is 5.92 Å². The zero-order valence-electron chi connectivity index (χ0n) is 8.95. The third-order valence-corrected chi connectivity index (χ3v) is 3.43. The number of ether oxygens (including phenoxy) is 1. The van der Waals surface area contributed by atoms with Crippen molar-refractivity contribution in [1.82, 2.24) is 0 Å². The number of carbonyl (C=O) groups is 1. The minimum absolute atomic E-state index is 0.0560. The second kappa shape index (κ2) is 4.10. The van der Waals surface area contributed by atoms with E-state index in [0.717, 1.165) is 25.4 Å². The Balaban J connectivity index is 1.82. The van der Waals surface area contributed by atoms with Crippen LogP contribution in [0.1, 0.15) is 38.5 Å². The fourth-order valence-electron chi connectivity index (χ4n) is 2.15. The number of aliphatic carboxylic acids is 1. The van der Waals surface area contributed by atoms with Gasteiger partial charge in [0.05, 0.1) is 6.10 Å². The Bertz CT molecular complexity index is 252. The number of carboxylic acid groups (broad SMARTS) is 1. The first-order chi connectivity index (χ1) is 7.10. The molecule has 86 valence electrons. The maximum absolute atomic E-state index is 11.0. The van der Waals surface area contributed by atoms with E-state index in [2.05, 4.69) is 0 Å². The van der Waals surface area contributed by atoms with E-state index in [0.29, 0.717) is 12.8 Å². The lowest BCUT2D eigenvalue weighted by molar-refractivity contribution is -0.147. The van der Waals surface area contributed by atoms with E-state index >= 15 is 0 Å². The van der Waals surface area contributed by atoms with Crippen LogP contribution in [0.4, 0.5) is 0 Å². The molecule has 2 unspecified atom stereocenters. The molecule has 0 aromatic heterocycles. The zero-order chi connectivity index (χ0) is 10.9. The maximum atomic E-state index is 11.0. The van der Waals surface area contributed by atoms with E-state index in [9.17, 15) is 4.79 Å². The Morgan fingerprint density at radius 2 is 2.20 bits per heavy atom.